The molecule has 2 aliphatic heterocycles. The fourth-order valence-electron chi connectivity index (χ4n) is 11.1. The smallest absolute Gasteiger partial charge is 0.328 e. The van der Waals surface area contributed by atoms with Gasteiger partial charge in [-0.1, -0.05) is 82.3 Å². The number of H-pyrrole nitrogens is 1. The van der Waals surface area contributed by atoms with Gasteiger partial charge in [0, 0.05) is 144 Å². The number of aromatic hydroxyl groups is 1. The van der Waals surface area contributed by atoms with Crippen LogP contribution in [0, 0.1) is 44.1 Å². The van der Waals surface area contributed by atoms with Crippen LogP contribution in [0.25, 0.3) is 10.9 Å². The molecule has 0 bridgehead atoms. The summed E-state index contributed by atoms with van der Waals surface area (Å²) in [6.45, 7) is 1.38. The van der Waals surface area contributed by atoms with Crippen LogP contribution in [-0.4, -0.2) is 289 Å². The van der Waals surface area contributed by atoms with Crippen molar-refractivity contribution >= 4 is 104 Å². The number of benzene rings is 3. The number of rotatable bonds is 26. The van der Waals surface area contributed by atoms with Gasteiger partial charge in [0.15, 0.2) is 6.04 Å². The van der Waals surface area contributed by atoms with Crippen molar-refractivity contribution in [1.29, 1.82) is 0 Å². The number of aliphatic hydroxyl groups is 2. The van der Waals surface area contributed by atoms with Crippen molar-refractivity contribution in [1.82, 2.24) is 67.1 Å². The first kappa shape index (κ1) is 84.2. The molecule has 8 amide bonds. The molecule has 2 fully saturated rings. The first-order valence-corrected chi connectivity index (χ1v) is 35.0. The van der Waals surface area contributed by atoms with Crippen LogP contribution >= 0.6 is 21.6 Å². The number of aliphatic carboxylic acids is 4. The summed E-state index contributed by atoms with van der Waals surface area (Å²) in [5.74, 6) is -14.0. The van der Waals surface area contributed by atoms with Crippen LogP contribution < -0.4 is 48.3 Å². The number of hydrogen-bond donors (Lipinski definition) is 17. The molecule has 2 saturated heterocycles. The third kappa shape index (κ3) is 28.7. The zero-order chi connectivity index (χ0) is 73.0. The van der Waals surface area contributed by atoms with Gasteiger partial charge < -0.3 is 89.0 Å². The van der Waals surface area contributed by atoms with Gasteiger partial charge in [0.05, 0.1) is 38.4 Å². The SMILES string of the molecule is C[C@@H](O)[C@H](NC(=O)[C@@H]1CSSC[C@H](NC(=O)[C@@H](Cc2ccccc2)NC(=O)CN2CCN(CC(=O)O)CCN(CC(=O)O)CCN(CC(=O)O)CC2)C(=O)N[C@@H](Cc2ccc(O)cc2)C(=O)N[C@H](Cc2c[nH]c3ccccc23)C(=O)N[C@@H](CCCCN)C(=O)N[C@@H]([C@@H](C)O)C(=O)N1)C(=O)O.[225Ac]. The number of carbonyl (C=O) groups excluding carboxylic acids is 8. The summed E-state index contributed by atoms with van der Waals surface area (Å²) in [7, 11) is 1.66. The number of phenolic OH excluding ortho intramolecular Hbond substituents is 1. The van der Waals surface area contributed by atoms with E-state index in [4.69, 9.17) is 5.73 Å². The standard InChI is InChI=1S/C65H90N14O19S2.Ac/c1-38(80)56-64(96)73-51(63(95)75-57(39(2)81)65(97)98)37-100-99-36-50(72-59(91)47(28-40-10-4-3-5-11-40)68-52(83)32-76-20-22-77(33-53(84)85)24-26-79(35-55(88)89)27-25-78(23-21-76)34-54(86)87)62(94)70-48(29-41-15-17-43(82)18-16-41)60(92)71-49(30-42-31-67-45-13-7-6-12-44(42)45)61(93)69-46(58(90)74-56)14-8-9-19-66;/h3-7,10-13,15-18,31,38-39,46-51,56-57,67,80-82H,8-9,14,19-30,32-37,66H2,1-2H3,(H,68,83)(H,69,93)(H,70,94)(H,71,92)(H,72,91)(H,73,96)(H,74,90)(H,75,95)(H,84,85)(H,86,87)(H,88,89)(H,97,98);/t38-,39-,46+,47-,48+,49-,50+,51+,56+,57+;/m1./s1/i;1-2. The Labute approximate surface area is 626 Å². The maximum Gasteiger partial charge on any atom is 0.328 e. The van der Waals surface area contributed by atoms with E-state index in [2.05, 4.69) is 47.5 Å². The Morgan fingerprint density at radius 1 is 0.584 bits per heavy atom. The van der Waals surface area contributed by atoms with Crippen LogP contribution in [0.4, 0.5) is 0 Å². The van der Waals surface area contributed by atoms with Crippen LogP contribution in [0.1, 0.15) is 49.8 Å². The first-order chi connectivity index (χ1) is 47.7. The van der Waals surface area contributed by atoms with Gasteiger partial charge in [-0.15, -0.1) is 0 Å². The number of para-hydroxylation sites is 1. The summed E-state index contributed by atoms with van der Waals surface area (Å²) in [5.41, 5.74) is 7.96. The molecular weight excluding hydrogens is 1570 g/mol. The normalized spacial score (nSPS) is 21.7. The number of nitrogens with one attached hydrogen (secondary N) is 9. The van der Waals surface area contributed by atoms with E-state index in [-0.39, 0.29) is 147 Å². The number of amides is 8. The minimum atomic E-state index is -1.91. The van der Waals surface area contributed by atoms with Crippen LogP contribution in [0.15, 0.2) is 85.1 Å². The molecule has 33 nitrogen and oxygen atoms in total. The minimum Gasteiger partial charge on any atom is -0.508 e. The average molecular weight is 1660 g/mol. The number of unbranched alkanes of at least 4 members (excludes halogenated alkanes) is 1. The number of carboxylic acids is 4. The second-order valence-corrected chi connectivity index (χ2v) is 27.0. The van der Waals surface area contributed by atoms with Crippen molar-refractivity contribution in [3.63, 3.8) is 0 Å². The fraction of sp³-hybridized carbons (Fsp3) is 0.508. The summed E-state index contributed by atoms with van der Waals surface area (Å²) in [6, 6.07) is 7.92. The molecule has 101 heavy (non-hydrogen) atoms. The maximum absolute atomic E-state index is 15.3. The molecule has 10 atom stereocenters. The van der Waals surface area contributed by atoms with Crippen LogP contribution in [0.3, 0.4) is 0 Å². The van der Waals surface area contributed by atoms with Gasteiger partial charge in [-0.3, -0.25) is 72.3 Å². The molecule has 4 aromatic rings. The van der Waals surface area contributed by atoms with Crippen molar-refractivity contribution in [2.24, 2.45) is 5.73 Å². The Bertz CT molecular complexity index is 3420. The number of hydrogen-bond acceptors (Lipinski definition) is 22. The van der Waals surface area contributed by atoms with Crippen molar-refractivity contribution in [2.75, 3.05) is 96.6 Å². The number of carboxylic acid groups (broad SMARTS) is 4. The Hall–Kier alpha value is -7.50. The molecule has 6 rings (SSSR count). The number of fused-ring (bicyclic) bond motifs is 1. The summed E-state index contributed by atoms with van der Waals surface area (Å²) in [6.07, 6.45) is -1.92. The molecule has 2 aliphatic rings. The first-order valence-electron chi connectivity index (χ1n) is 32.5. The Kier molecular flexibility index (Phi) is 35.7. The molecule has 0 unspecified atom stereocenters. The molecule has 1 radical (unpaired) electrons. The van der Waals surface area contributed by atoms with Crippen LogP contribution in [0.5, 0.6) is 5.75 Å². The molecule has 3 aromatic carbocycles. The number of aliphatic hydroxyl groups excluding tert-OH is 2. The van der Waals surface area contributed by atoms with Crippen LogP contribution in [0.2, 0.25) is 0 Å². The van der Waals surface area contributed by atoms with E-state index in [0.717, 1.165) is 35.4 Å². The molecule has 3 heterocycles. The fourth-order valence-corrected chi connectivity index (χ4v) is 13.4. The summed E-state index contributed by atoms with van der Waals surface area (Å²) >= 11 is 0. The zero-order valence-electron chi connectivity index (χ0n) is 56.0. The van der Waals surface area contributed by atoms with E-state index in [1.165, 1.54) is 24.3 Å². The van der Waals surface area contributed by atoms with E-state index in [9.17, 15) is 78.9 Å². The Morgan fingerprint density at radius 2 is 1.10 bits per heavy atom. The quantitative estimate of drug-likeness (QED) is 0.0215. The van der Waals surface area contributed by atoms with Gasteiger partial charge in [-0.25, -0.2) is 4.79 Å². The monoisotopic (exact) mass is 1660 g/mol. The van der Waals surface area contributed by atoms with Gasteiger partial charge in [-0.05, 0) is 74.5 Å². The van der Waals surface area contributed by atoms with Gasteiger partial charge in [0.1, 0.15) is 48.0 Å². The molecular formula is C65H90AcN14O19S2. The average Bonchev–Trinajstić information content (AvgIpc) is 1.75. The summed E-state index contributed by atoms with van der Waals surface area (Å²) in [4.78, 5) is 176. The molecule has 549 valence electrons. The number of carbonyl (C=O) groups is 12. The second kappa shape index (κ2) is 42.8. The second-order valence-electron chi connectivity index (χ2n) is 24.5. The number of phenols is 1. The third-order valence-electron chi connectivity index (χ3n) is 16.6. The topological polar surface area (TPSA) is 497 Å². The van der Waals surface area contributed by atoms with Crippen molar-refractivity contribution in [3.8, 4) is 5.75 Å². The van der Waals surface area contributed by atoms with E-state index < -0.39 is 163 Å². The third-order valence-corrected chi connectivity index (χ3v) is 19.0. The molecule has 0 spiro atoms. The van der Waals surface area contributed by atoms with E-state index in [1.54, 1.807) is 80.4 Å². The van der Waals surface area contributed by atoms with Crippen molar-refractivity contribution < 1.29 is 137 Å². The van der Waals surface area contributed by atoms with Crippen molar-refractivity contribution in [2.45, 2.75) is 113 Å². The summed E-state index contributed by atoms with van der Waals surface area (Å²) in [5, 5.41) is 92.4. The van der Waals surface area contributed by atoms with E-state index >= 15 is 14.4 Å². The van der Waals surface area contributed by atoms with Gasteiger partial charge in [-0.2, -0.15) is 0 Å². The minimum absolute atomic E-state index is 0. The zero-order valence-corrected chi connectivity index (χ0v) is 62.4. The molecule has 36 heteroatoms. The Morgan fingerprint density at radius 3 is 1.64 bits per heavy atom. The number of nitrogens with zero attached hydrogens (tertiary/aromatic N) is 4. The largest absolute Gasteiger partial charge is 0.508 e. The molecule has 18 N–H and O–H groups in total. The summed E-state index contributed by atoms with van der Waals surface area (Å²) < 4.78 is 0. The predicted octanol–water partition coefficient (Wildman–Crippen LogP) is -3.37. The van der Waals surface area contributed by atoms with Gasteiger partial charge in [0.25, 0.3) is 0 Å². The number of aromatic nitrogens is 1. The van der Waals surface area contributed by atoms with Crippen LogP contribution in [-0.2, 0) is 76.8 Å². The predicted molar refractivity (Wildman–Crippen MR) is 367 cm³/mol. The number of nitrogens with two attached hydrogens (primary N) is 1. The van der Waals surface area contributed by atoms with E-state index in [0.29, 0.717) is 34.0 Å². The Balaban J connectivity index is 0.0000184. The molecule has 0 aliphatic carbocycles. The van der Waals surface area contributed by atoms with Gasteiger partial charge >= 0.3 is 23.9 Å². The maximum atomic E-state index is 15.3. The van der Waals surface area contributed by atoms with Gasteiger partial charge in [0.2, 0.25) is 47.3 Å². The molecule has 1 aromatic heterocycles. The van der Waals surface area contributed by atoms with E-state index in [1.807, 2.05) is 0 Å². The number of aromatic amines is 1. The van der Waals surface area contributed by atoms with Crippen molar-refractivity contribution in [3.05, 3.63) is 102 Å². The molecule has 0 saturated carbocycles.